The Hall–Kier alpha value is -3.15. The summed E-state index contributed by atoms with van der Waals surface area (Å²) in [5.74, 6) is -0.216. The summed E-state index contributed by atoms with van der Waals surface area (Å²) in [4.78, 5) is 42.4. The molecule has 2 aliphatic rings. The fourth-order valence-electron chi connectivity index (χ4n) is 5.23. The van der Waals surface area contributed by atoms with Crippen molar-refractivity contribution in [2.45, 2.75) is 58.4 Å². The van der Waals surface area contributed by atoms with E-state index in [0.29, 0.717) is 26.2 Å². The highest BCUT2D eigenvalue weighted by Crippen LogP contribution is 2.30. The molecular formula is C29H36N2O4. The number of hydrogen-bond acceptors (Lipinski definition) is 4. The largest absolute Gasteiger partial charge is 0.466 e. The van der Waals surface area contributed by atoms with Gasteiger partial charge < -0.3 is 14.5 Å². The molecule has 1 saturated heterocycles. The second-order valence-corrected chi connectivity index (χ2v) is 9.67. The lowest BCUT2D eigenvalue weighted by Gasteiger charge is -2.31. The summed E-state index contributed by atoms with van der Waals surface area (Å²) in [5.41, 5.74) is 2.79. The highest BCUT2D eigenvalue weighted by molar-refractivity contribution is 5.95. The number of piperidine rings is 1. The molecule has 186 valence electrons. The van der Waals surface area contributed by atoms with Crippen LogP contribution in [0.5, 0.6) is 0 Å². The molecule has 35 heavy (non-hydrogen) atoms. The molecule has 6 nitrogen and oxygen atoms in total. The Balaban J connectivity index is 1.48. The fourth-order valence-corrected chi connectivity index (χ4v) is 5.23. The SMILES string of the molecule is CCOC(=O)C1CCCN(C(=O)Cc2cccc(N(Cc3ccccc3)C(=O)C3CCCC3)c2)C1. The van der Waals surface area contributed by atoms with Gasteiger partial charge in [-0.1, -0.05) is 55.3 Å². The molecule has 0 aromatic heterocycles. The van der Waals surface area contributed by atoms with Crippen LogP contribution < -0.4 is 4.90 Å². The van der Waals surface area contributed by atoms with Gasteiger partial charge in [-0.05, 0) is 55.9 Å². The molecule has 2 aromatic rings. The summed E-state index contributed by atoms with van der Waals surface area (Å²) >= 11 is 0. The first-order chi connectivity index (χ1) is 17.0. The van der Waals surface area contributed by atoms with Crippen LogP contribution in [0.3, 0.4) is 0 Å². The number of esters is 1. The summed E-state index contributed by atoms with van der Waals surface area (Å²) in [6.07, 6.45) is 5.91. The van der Waals surface area contributed by atoms with Crippen LogP contribution in [0.15, 0.2) is 54.6 Å². The van der Waals surface area contributed by atoms with E-state index in [9.17, 15) is 14.4 Å². The molecule has 2 aromatic carbocycles. The Morgan fingerprint density at radius 3 is 2.37 bits per heavy atom. The number of anilines is 1. The van der Waals surface area contributed by atoms with Crippen LogP contribution in [0.1, 0.15) is 56.6 Å². The van der Waals surface area contributed by atoms with E-state index in [1.165, 1.54) is 0 Å². The third kappa shape index (κ3) is 6.50. The Bertz CT molecular complexity index is 1020. The van der Waals surface area contributed by atoms with Crippen molar-refractivity contribution in [1.82, 2.24) is 4.90 Å². The molecule has 1 heterocycles. The molecule has 1 aliphatic carbocycles. The molecule has 4 rings (SSSR count). The van der Waals surface area contributed by atoms with Gasteiger partial charge in [0, 0.05) is 24.7 Å². The second-order valence-electron chi connectivity index (χ2n) is 9.67. The van der Waals surface area contributed by atoms with Gasteiger partial charge >= 0.3 is 5.97 Å². The van der Waals surface area contributed by atoms with Crippen LogP contribution in [0.2, 0.25) is 0 Å². The quantitative estimate of drug-likeness (QED) is 0.516. The van der Waals surface area contributed by atoms with Crippen LogP contribution in [-0.2, 0) is 32.1 Å². The van der Waals surface area contributed by atoms with Gasteiger partial charge in [-0.25, -0.2) is 0 Å². The number of carbonyl (C=O) groups excluding carboxylic acids is 3. The third-order valence-corrected chi connectivity index (χ3v) is 7.13. The van der Waals surface area contributed by atoms with E-state index >= 15 is 0 Å². The predicted molar refractivity (Wildman–Crippen MR) is 136 cm³/mol. The summed E-state index contributed by atoms with van der Waals surface area (Å²) in [5, 5.41) is 0. The standard InChI is InChI=1S/C29H36N2O4/c1-2-35-29(34)25-15-9-17-30(21-25)27(32)19-23-12-8-16-26(18-23)31(20-22-10-4-3-5-11-22)28(33)24-13-6-7-14-24/h3-5,8,10-12,16,18,24-25H,2,6-7,9,13-15,17,19-21H2,1H3. The van der Waals surface area contributed by atoms with Crippen LogP contribution >= 0.6 is 0 Å². The minimum atomic E-state index is -0.246. The van der Waals surface area contributed by atoms with Crippen LogP contribution in [0.4, 0.5) is 5.69 Å². The maximum atomic E-state index is 13.5. The number of nitrogens with zero attached hydrogens (tertiary/aromatic N) is 2. The summed E-state index contributed by atoms with van der Waals surface area (Å²) in [6, 6.07) is 17.8. The molecule has 0 radical (unpaired) electrons. The first-order valence-corrected chi connectivity index (χ1v) is 12.9. The lowest BCUT2D eigenvalue weighted by molar-refractivity contribution is -0.151. The molecule has 1 atom stereocenters. The van der Waals surface area contributed by atoms with Crippen molar-refractivity contribution in [3.05, 3.63) is 65.7 Å². The molecule has 1 aliphatic heterocycles. The molecule has 0 bridgehead atoms. The minimum absolute atomic E-state index is 0.00729. The van der Waals surface area contributed by atoms with E-state index in [-0.39, 0.29) is 36.0 Å². The summed E-state index contributed by atoms with van der Waals surface area (Å²) < 4.78 is 5.17. The topological polar surface area (TPSA) is 66.9 Å². The Morgan fingerprint density at radius 2 is 1.63 bits per heavy atom. The lowest BCUT2D eigenvalue weighted by atomic mass is 9.97. The second kappa shape index (κ2) is 12.0. The number of benzene rings is 2. The van der Waals surface area contributed by atoms with Gasteiger partial charge in [-0.3, -0.25) is 14.4 Å². The minimum Gasteiger partial charge on any atom is -0.466 e. The third-order valence-electron chi connectivity index (χ3n) is 7.13. The average molecular weight is 477 g/mol. The van der Waals surface area contributed by atoms with Gasteiger partial charge in [0.2, 0.25) is 11.8 Å². The van der Waals surface area contributed by atoms with Crippen molar-refractivity contribution < 1.29 is 19.1 Å². The van der Waals surface area contributed by atoms with Crippen LogP contribution in [0, 0.1) is 11.8 Å². The summed E-state index contributed by atoms with van der Waals surface area (Å²) in [6.45, 7) is 3.75. The van der Waals surface area contributed by atoms with E-state index in [1.54, 1.807) is 11.8 Å². The molecule has 1 saturated carbocycles. The molecule has 6 heteroatoms. The van der Waals surface area contributed by atoms with Gasteiger partial charge in [0.25, 0.3) is 0 Å². The van der Waals surface area contributed by atoms with Crippen molar-refractivity contribution in [3.8, 4) is 0 Å². The molecule has 2 fully saturated rings. The summed E-state index contributed by atoms with van der Waals surface area (Å²) in [7, 11) is 0. The van der Waals surface area contributed by atoms with E-state index in [1.807, 2.05) is 59.5 Å². The zero-order chi connectivity index (χ0) is 24.6. The smallest absolute Gasteiger partial charge is 0.310 e. The van der Waals surface area contributed by atoms with Crippen molar-refractivity contribution in [2.24, 2.45) is 11.8 Å². The predicted octanol–water partition coefficient (Wildman–Crippen LogP) is 4.75. The average Bonchev–Trinajstić information content (AvgIpc) is 3.43. The van der Waals surface area contributed by atoms with Crippen LogP contribution in [0.25, 0.3) is 0 Å². The molecule has 2 amide bonds. The fraction of sp³-hybridized carbons (Fsp3) is 0.483. The van der Waals surface area contributed by atoms with Gasteiger partial charge in [0.05, 0.1) is 25.5 Å². The van der Waals surface area contributed by atoms with E-state index in [0.717, 1.165) is 55.3 Å². The highest BCUT2D eigenvalue weighted by atomic mass is 16.5. The molecular weight excluding hydrogens is 440 g/mol. The van der Waals surface area contributed by atoms with Gasteiger partial charge in [-0.2, -0.15) is 0 Å². The first kappa shape index (κ1) is 25.0. The van der Waals surface area contributed by atoms with Crippen molar-refractivity contribution in [1.29, 1.82) is 0 Å². The van der Waals surface area contributed by atoms with Crippen molar-refractivity contribution in [2.75, 3.05) is 24.6 Å². The van der Waals surface area contributed by atoms with Gasteiger partial charge in [0.15, 0.2) is 0 Å². The highest BCUT2D eigenvalue weighted by Gasteiger charge is 2.30. The van der Waals surface area contributed by atoms with E-state index < -0.39 is 0 Å². The monoisotopic (exact) mass is 476 g/mol. The normalized spacial score (nSPS) is 18.3. The Labute approximate surface area is 208 Å². The maximum Gasteiger partial charge on any atom is 0.310 e. The first-order valence-electron chi connectivity index (χ1n) is 12.9. The number of rotatable bonds is 8. The van der Waals surface area contributed by atoms with Gasteiger partial charge in [0.1, 0.15) is 0 Å². The number of carbonyl (C=O) groups is 3. The maximum absolute atomic E-state index is 13.5. The van der Waals surface area contributed by atoms with E-state index in [4.69, 9.17) is 4.74 Å². The Kier molecular flexibility index (Phi) is 8.56. The molecule has 1 unspecified atom stereocenters. The zero-order valence-electron chi connectivity index (χ0n) is 20.7. The number of amides is 2. The van der Waals surface area contributed by atoms with Crippen molar-refractivity contribution >= 4 is 23.5 Å². The number of likely N-dealkylation sites (tertiary alicyclic amines) is 1. The molecule has 0 N–H and O–H groups in total. The number of ether oxygens (including phenoxy) is 1. The Morgan fingerprint density at radius 1 is 0.914 bits per heavy atom. The van der Waals surface area contributed by atoms with Gasteiger partial charge in [-0.15, -0.1) is 0 Å². The van der Waals surface area contributed by atoms with Crippen LogP contribution in [-0.4, -0.2) is 42.4 Å². The van der Waals surface area contributed by atoms with Crippen molar-refractivity contribution in [3.63, 3.8) is 0 Å². The zero-order valence-corrected chi connectivity index (χ0v) is 20.7. The van der Waals surface area contributed by atoms with E-state index in [2.05, 4.69) is 0 Å². The lowest BCUT2D eigenvalue weighted by Crippen LogP contribution is -2.43. The number of hydrogen-bond donors (Lipinski definition) is 0. The molecule has 0 spiro atoms.